The van der Waals surface area contributed by atoms with Gasteiger partial charge in [0.25, 0.3) is 0 Å². The average Bonchev–Trinajstić information content (AvgIpc) is 3.27. The molecule has 4 aromatic heterocycles. The number of alkyl halides is 2. The number of aromatic nitrogens is 4. The molecule has 0 radical (unpaired) electrons. The largest absolute Gasteiger partial charge is 0.353 e. The Labute approximate surface area is 212 Å². The van der Waals surface area contributed by atoms with Crippen LogP contribution in [0, 0.1) is 17.6 Å². The van der Waals surface area contributed by atoms with Crippen molar-refractivity contribution >= 4 is 22.8 Å². The molecule has 0 fully saturated rings. The summed E-state index contributed by atoms with van der Waals surface area (Å²) in [5.74, 6) is -3.77. The number of pyridine rings is 3. The number of hydrogen-bond donors (Lipinski definition) is 2. The number of nitrogens with zero attached hydrogens (tertiary/aromatic N) is 3. The zero-order valence-corrected chi connectivity index (χ0v) is 19.4. The first-order valence-electron chi connectivity index (χ1n) is 11.4. The lowest BCUT2D eigenvalue weighted by Gasteiger charge is -2.17. The van der Waals surface area contributed by atoms with Crippen molar-refractivity contribution in [1.29, 1.82) is 0 Å². The lowest BCUT2D eigenvalue weighted by atomic mass is 9.95. The van der Waals surface area contributed by atoms with Gasteiger partial charge in [0.15, 0.2) is 0 Å². The Morgan fingerprint density at radius 2 is 1.68 bits per heavy atom. The third kappa shape index (κ3) is 5.22. The Balaban J connectivity index is 1.52. The van der Waals surface area contributed by atoms with E-state index < -0.39 is 42.3 Å². The van der Waals surface area contributed by atoms with E-state index in [1.54, 1.807) is 6.07 Å². The fraction of sp³-hybridized carbons (Fsp3) is 0.111. The lowest BCUT2D eigenvalue weighted by Crippen LogP contribution is -2.23. The van der Waals surface area contributed by atoms with Crippen LogP contribution in [-0.2, 0) is 4.79 Å². The molecule has 1 amide bonds. The van der Waals surface area contributed by atoms with E-state index in [0.717, 1.165) is 18.3 Å². The van der Waals surface area contributed by atoms with Gasteiger partial charge in [-0.1, -0.05) is 12.1 Å². The number of H-pyrrole nitrogens is 1. The van der Waals surface area contributed by atoms with Crippen LogP contribution < -0.4 is 5.32 Å². The van der Waals surface area contributed by atoms with Crippen molar-refractivity contribution in [2.24, 2.45) is 0 Å². The van der Waals surface area contributed by atoms with Gasteiger partial charge in [-0.05, 0) is 54.1 Å². The summed E-state index contributed by atoms with van der Waals surface area (Å²) in [5.41, 5.74) is 2.62. The number of anilines is 1. The van der Waals surface area contributed by atoms with Crippen LogP contribution in [0.4, 0.5) is 27.8 Å². The van der Waals surface area contributed by atoms with Gasteiger partial charge >= 0.3 is 0 Å². The first-order chi connectivity index (χ1) is 18.3. The minimum absolute atomic E-state index is 0.0599. The topological polar surface area (TPSA) is 83.6 Å². The van der Waals surface area contributed by atoms with Crippen molar-refractivity contribution < 1.29 is 26.7 Å². The second-order valence-electron chi connectivity index (χ2n) is 8.42. The smallest absolute Gasteiger partial charge is 0.239 e. The van der Waals surface area contributed by atoms with Gasteiger partial charge in [-0.2, -0.15) is 4.39 Å². The minimum atomic E-state index is -2.78. The third-order valence-electron chi connectivity index (χ3n) is 5.89. The highest BCUT2D eigenvalue weighted by atomic mass is 19.3. The van der Waals surface area contributed by atoms with E-state index in [4.69, 9.17) is 0 Å². The summed E-state index contributed by atoms with van der Waals surface area (Å²) in [6, 6.07) is 13.2. The van der Waals surface area contributed by atoms with Crippen molar-refractivity contribution in [1.82, 2.24) is 19.9 Å². The maximum absolute atomic E-state index is 14.0. The molecule has 11 heteroatoms. The predicted molar refractivity (Wildman–Crippen MR) is 131 cm³/mol. The van der Waals surface area contributed by atoms with Crippen molar-refractivity contribution in [3.63, 3.8) is 0 Å². The van der Waals surface area contributed by atoms with Gasteiger partial charge in [0.2, 0.25) is 18.3 Å². The highest BCUT2D eigenvalue weighted by molar-refractivity contribution is 6.01. The van der Waals surface area contributed by atoms with Crippen LogP contribution in [0.5, 0.6) is 0 Å². The molecule has 38 heavy (non-hydrogen) atoms. The molecule has 6 nitrogen and oxygen atoms in total. The second kappa shape index (κ2) is 10.4. The molecule has 0 aliphatic carbocycles. The summed E-state index contributed by atoms with van der Waals surface area (Å²) >= 11 is 0. The van der Waals surface area contributed by atoms with Crippen LogP contribution >= 0.6 is 0 Å². The molecule has 5 rings (SSSR count). The van der Waals surface area contributed by atoms with Crippen LogP contribution in [-0.4, -0.2) is 32.3 Å². The van der Waals surface area contributed by atoms with Crippen molar-refractivity contribution in [2.75, 3.05) is 5.32 Å². The summed E-state index contributed by atoms with van der Waals surface area (Å²) in [5, 5.41) is 2.55. The van der Waals surface area contributed by atoms with E-state index in [2.05, 4.69) is 25.3 Å². The van der Waals surface area contributed by atoms with E-state index in [-0.39, 0.29) is 16.9 Å². The molecule has 0 spiro atoms. The van der Waals surface area contributed by atoms with Gasteiger partial charge < -0.3 is 10.3 Å². The summed E-state index contributed by atoms with van der Waals surface area (Å²) in [6.45, 7) is 0. The highest BCUT2D eigenvalue weighted by Crippen LogP contribution is 2.37. The molecule has 0 saturated heterocycles. The maximum atomic E-state index is 14.0. The van der Waals surface area contributed by atoms with Crippen LogP contribution in [0.15, 0.2) is 73.1 Å². The fourth-order valence-corrected chi connectivity index (χ4v) is 4.17. The van der Waals surface area contributed by atoms with Crippen LogP contribution in [0.3, 0.4) is 0 Å². The van der Waals surface area contributed by atoms with Crippen molar-refractivity contribution in [2.45, 2.75) is 18.8 Å². The monoisotopic (exact) mass is 523 g/mol. The summed E-state index contributed by atoms with van der Waals surface area (Å²) in [6.07, 6.45) is -1.13. The van der Waals surface area contributed by atoms with Gasteiger partial charge in [-0.3, -0.25) is 9.78 Å². The number of fused-ring (bicyclic) bond motifs is 1. The van der Waals surface area contributed by atoms with E-state index in [1.807, 2.05) is 0 Å². The normalized spacial score (nSPS) is 12.2. The molecular weight excluding hydrogens is 505 g/mol. The molecule has 2 N–H and O–H groups in total. The molecule has 1 aromatic carbocycles. The third-order valence-corrected chi connectivity index (χ3v) is 5.89. The molecule has 0 aliphatic heterocycles. The fourth-order valence-electron chi connectivity index (χ4n) is 4.17. The maximum Gasteiger partial charge on any atom is 0.239 e. The van der Waals surface area contributed by atoms with E-state index in [0.29, 0.717) is 28.0 Å². The first-order valence-corrected chi connectivity index (χ1v) is 11.4. The Hall–Kier alpha value is -4.67. The molecule has 5 aromatic rings. The quantitative estimate of drug-likeness (QED) is 0.189. The Kier molecular flexibility index (Phi) is 6.82. The molecule has 0 bridgehead atoms. The predicted octanol–water partition coefficient (Wildman–Crippen LogP) is 6.48. The second-order valence-corrected chi connectivity index (χ2v) is 8.42. The van der Waals surface area contributed by atoms with Gasteiger partial charge in [0, 0.05) is 18.2 Å². The molecule has 0 saturated carbocycles. The van der Waals surface area contributed by atoms with Gasteiger partial charge in [-0.15, -0.1) is 0 Å². The molecule has 192 valence electrons. The summed E-state index contributed by atoms with van der Waals surface area (Å²) in [4.78, 5) is 28.3. The van der Waals surface area contributed by atoms with Gasteiger partial charge in [-0.25, -0.2) is 27.5 Å². The Morgan fingerprint density at radius 3 is 2.39 bits per heavy atom. The molecule has 0 unspecified atom stereocenters. The Morgan fingerprint density at radius 1 is 0.921 bits per heavy atom. The highest BCUT2D eigenvalue weighted by Gasteiger charge is 2.26. The number of carbonyl (C=O) groups excluding carboxylic acids is 1. The van der Waals surface area contributed by atoms with E-state index in [9.17, 15) is 26.7 Å². The number of rotatable bonds is 7. The molecule has 1 atom stereocenters. The summed E-state index contributed by atoms with van der Waals surface area (Å²) < 4.78 is 67.4. The number of nitrogens with one attached hydrogen (secondary N) is 2. The zero-order valence-electron chi connectivity index (χ0n) is 19.4. The molecule has 0 aliphatic rings. The number of benzene rings is 1. The van der Waals surface area contributed by atoms with E-state index in [1.165, 1.54) is 48.7 Å². The summed E-state index contributed by atoms with van der Waals surface area (Å²) in [7, 11) is 0. The van der Waals surface area contributed by atoms with Crippen LogP contribution in [0.1, 0.15) is 17.9 Å². The number of aromatic amines is 1. The zero-order chi connectivity index (χ0) is 26.8. The van der Waals surface area contributed by atoms with Crippen LogP contribution in [0.2, 0.25) is 0 Å². The minimum Gasteiger partial charge on any atom is -0.353 e. The van der Waals surface area contributed by atoms with Gasteiger partial charge in [0.05, 0.1) is 34.6 Å². The van der Waals surface area contributed by atoms with Gasteiger partial charge in [0.1, 0.15) is 23.0 Å². The number of halogens is 5. The average molecular weight is 523 g/mol. The van der Waals surface area contributed by atoms with Crippen molar-refractivity contribution in [3.05, 3.63) is 96.2 Å². The standard InChI is InChI=1S/C27H18F5N5O/c28-16-3-1-14(2-4-16)18(12-21(30)31)27(38)37-23-11-15(9-10-33-23)25-24(19-6-5-17(29)13-34-19)26-20(35-25)7-8-22(32)36-26/h1-11,13,18,21,35H,12H2,(H,33,37,38)/t18-/m0/s1. The lowest BCUT2D eigenvalue weighted by molar-refractivity contribution is -0.118. The molecule has 4 heterocycles. The number of carbonyl (C=O) groups is 1. The SMILES string of the molecule is O=C(Nc1cc(-c2[nH]c3ccc(F)nc3c2-c2ccc(F)cn2)ccn1)[C@@H](CC(F)F)c1ccc(F)cc1. The number of amides is 1. The van der Waals surface area contributed by atoms with Crippen LogP contribution in [0.25, 0.3) is 33.5 Å². The molecular formula is C27H18F5N5O. The first kappa shape index (κ1) is 25.0. The Bertz CT molecular complexity index is 1600. The number of hydrogen-bond acceptors (Lipinski definition) is 4. The van der Waals surface area contributed by atoms with Crippen molar-refractivity contribution in [3.8, 4) is 22.5 Å². The van der Waals surface area contributed by atoms with E-state index >= 15 is 0 Å².